The van der Waals surface area contributed by atoms with Crippen molar-refractivity contribution in [2.45, 2.75) is 17.9 Å². The van der Waals surface area contributed by atoms with Gasteiger partial charge in [0.15, 0.2) is 11.5 Å². The van der Waals surface area contributed by atoms with Crippen LogP contribution >= 0.6 is 11.3 Å². The zero-order valence-electron chi connectivity index (χ0n) is 17.1. The van der Waals surface area contributed by atoms with Gasteiger partial charge in [-0.3, -0.25) is 0 Å². The molecule has 0 saturated carbocycles. The Morgan fingerprint density at radius 1 is 1.03 bits per heavy atom. The molecule has 0 amide bonds. The monoisotopic (exact) mass is 460 g/mol. The summed E-state index contributed by atoms with van der Waals surface area (Å²) in [6, 6.07) is 14.3. The van der Waals surface area contributed by atoms with Gasteiger partial charge in [-0.05, 0) is 53.3 Å². The number of carboxylic acid groups (broad SMARTS) is 1. The van der Waals surface area contributed by atoms with Crippen LogP contribution in [0.5, 0.6) is 11.5 Å². The number of benzene rings is 2. The van der Waals surface area contributed by atoms with Crippen LogP contribution < -0.4 is 14.6 Å². The molecule has 3 rings (SSSR count). The summed E-state index contributed by atoms with van der Waals surface area (Å²) >= 11 is 1.47. The number of carboxylic acids is 1. The number of hydrogen-bond donors (Lipinski definition) is 0. The molecule has 0 aliphatic rings. The Morgan fingerprint density at radius 2 is 1.74 bits per heavy atom. The fraction of sp³-hybridized carbons (Fsp3) is 0.227. The number of thiophene rings is 1. The third-order valence-electron chi connectivity index (χ3n) is 4.74. The minimum Gasteiger partial charge on any atom is -0.545 e. The summed E-state index contributed by atoms with van der Waals surface area (Å²) in [5.41, 5.74) is 0.824. The van der Waals surface area contributed by atoms with Crippen LogP contribution in [0.4, 0.5) is 0 Å². The number of sulfonamides is 1. The van der Waals surface area contributed by atoms with Crippen molar-refractivity contribution in [2.24, 2.45) is 0 Å². The van der Waals surface area contributed by atoms with Crippen molar-refractivity contribution < 1.29 is 27.8 Å². The van der Waals surface area contributed by atoms with E-state index in [-0.39, 0.29) is 23.5 Å². The maximum absolute atomic E-state index is 13.3. The van der Waals surface area contributed by atoms with Crippen molar-refractivity contribution in [3.8, 4) is 11.5 Å². The molecule has 1 aromatic heterocycles. The zero-order valence-corrected chi connectivity index (χ0v) is 18.7. The second kappa shape index (κ2) is 9.95. The number of methoxy groups -OCH3 is 2. The Bertz CT molecular complexity index is 1130. The highest BCUT2D eigenvalue weighted by Crippen LogP contribution is 2.28. The standard InChI is InChI=1S/C22H23NO6S2/c1-28-20-10-5-16(14-21(20)29-2)11-12-23(15-18-4-3-13-30-18)31(26,27)19-8-6-17(7-9-19)22(24)25/h3-10,13-14H,11-12,15H2,1-2H3,(H,24,25)/p-1. The number of carbonyl (C=O) groups is 1. The number of nitrogens with zero attached hydrogens (tertiary/aromatic N) is 1. The smallest absolute Gasteiger partial charge is 0.243 e. The maximum Gasteiger partial charge on any atom is 0.243 e. The van der Waals surface area contributed by atoms with Gasteiger partial charge in [-0.15, -0.1) is 11.3 Å². The van der Waals surface area contributed by atoms with Gasteiger partial charge < -0.3 is 19.4 Å². The molecule has 0 fully saturated rings. The Morgan fingerprint density at radius 3 is 2.32 bits per heavy atom. The van der Waals surface area contributed by atoms with Gasteiger partial charge in [-0.25, -0.2) is 8.42 Å². The van der Waals surface area contributed by atoms with Crippen molar-refractivity contribution in [1.29, 1.82) is 0 Å². The van der Waals surface area contributed by atoms with E-state index in [1.807, 2.05) is 29.6 Å². The molecular formula is C22H22NO6S2-. The third-order valence-corrected chi connectivity index (χ3v) is 7.46. The average molecular weight is 461 g/mol. The van der Waals surface area contributed by atoms with Crippen molar-refractivity contribution in [3.63, 3.8) is 0 Å². The van der Waals surface area contributed by atoms with Gasteiger partial charge in [-0.2, -0.15) is 4.31 Å². The van der Waals surface area contributed by atoms with Crippen LogP contribution in [-0.2, 0) is 23.0 Å². The van der Waals surface area contributed by atoms with Crippen molar-refractivity contribution in [2.75, 3.05) is 20.8 Å². The molecule has 31 heavy (non-hydrogen) atoms. The molecule has 0 N–H and O–H groups in total. The first-order valence-electron chi connectivity index (χ1n) is 9.40. The SMILES string of the molecule is COc1ccc(CCN(Cc2cccs2)S(=O)(=O)c2ccc(C(=O)[O-])cc2)cc1OC. The van der Waals surface area contributed by atoms with E-state index in [4.69, 9.17) is 9.47 Å². The Hall–Kier alpha value is -2.88. The molecule has 7 nitrogen and oxygen atoms in total. The van der Waals surface area contributed by atoms with Gasteiger partial charge in [-0.1, -0.05) is 24.3 Å². The van der Waals surface area contributed by atoms with E-state index < -0.39 is 16.0 Å². The summed E-state index contributed by atoms with van der Waals surface area (Å²) in [4.78, 5) is 11.9. The van der Waals surface area contributed by atoms with E-state index in [9.17, 15) is 18.3 Å². The van der Waals surface area contributed by atoms with E-state index >= 15 is 0 Å². The minimum atomic E-state index is -3.85. The predicted molar refractivity (Wildman–Crippen MR) is 116 cm³/mol. The van der Waals surface area contributed by atoms with E-state index in [2.05, 4.69) is 0 Å². The summed E-state index contributed by atoms with van der Waals surface area (Å²) in [6.07, 6.45) is 0.460. The van der Waals surface area contributed by atoms with Gasteiger partial charge >= 0.3 is 0 Å². The molecule has 9 heteroatoms. The van der Waals surface area contributed by atoms with Gasteiger partial charge in [0, 0.05) is 18.0 Å². The minimum absolute atomic E-state index is 0.0290. The summed E-state index contributed by atoms with van der Waals surface area (Å²) in [7, 11) is -0.746. The highest BCUT2D eigenvalue weighted by atomic mass is 32.2. The first-order valence-corrected chi connectivity index (χ1v) is 11.7. The lowest BCUT2D eigenvalue weighted by Gasteiger charge is -2.22. The Labute approximate surface area is 185 Å². The molecule has 0 atom stereocenters. The number of aromatic carboxylic acids is 1. The highest BCUT2D eigenvalue weighted by Gasteiger charge is 2.25. The number of hydrogen-bond acceptors (Lipinski definition) is 7. The fourth-order valence-corrected chi connectivity index (χ4v) is 5.28. The van der Waals surface area contributed by atoms with Gasteiger partial charge in [0.2, 0.25) is 10.0 Å². The number of carbonyl (C=O) groups excluding carboxylic acids is 1. The van der Waals surface area contributed by atoms with E-state index in [0.717, 1.165) is 10.4 Å². The second-order valence-electron chi connectivity index (χ2n) is 6.67. The molecule has 0 aliphatic carbocycles. The number of rotatable bonds is 10. The van der Waals surface area contributed by atoms with Gasteiger partial charge in [0.1, 0.15) is 0 Å². The van der Waals surface area contributed by atoms with Crippen molar-refractivity contribution in [3.05, 3.63) is 76.0 Å². The predicted octanol–water partition coefficient (Wildman–Crippen LogP) is 2.56. The molecule has 0 radical (unpaired) electrons. The quantitative estimate of drug-likeness (QED) is 0.461. The first kappa shape index (κ1) is 22.8. The molecule has 0 aliphatic heterocycles. The van der Waals surface area contributed by atoms with Crippen molar-refractivity contribution >= 4 is 27.3 Å². The molecule has 1 heterocycles. The van der Waals surface area contributed by atoms with Crippen molar-refractivity contribution in [1.82, 2.24) is 4.31 Å². The highest BCUT2D eigenvalue weighted by molar-refractivity contribution is 7.89. The first-order chi connectivity index (χ1) is 14.8. The van der Waals surface area contributed by atoms with Crippen LogP contribution in [0.25, 0.3) is 0 Å². The van der Waals surface area contributed by atoms with Crippen LogP contribution in [0.1, 0.15) is 20.8 Å². The van der Waals surface area contributed by atoms with Gasteiger partial charge in [0.05, 0.1) is 25.1 Å². The van der Waals surface area contributed by atoms with Crippen LogP contribution in [0, 0.1) is 0 Å². The second-order valence-corrected chi connectivity index (χ2v) is 9.64. The summed E-state index contributed by atoms with van der Waals surface area (Å²) in [6.45, 7) is 0.452. The fourth-order valence-electron chi connectivity index (χ4n) is 3.06. The van der Waals surface area contributed by atoms with E-state index in [1.54, 1.807) is 20.3 Å². The lowest BCUT2D eigenvalue weighted by atomic mass is 10.1. The van der Waals surface area contributed by atoms with Crippen LogP contribution in [-0.4, -0.2) is 39.5 Å². The topological polar surface area (TPSA) is 96.0 Å². The molecule has 164 valence electrons. The Balaban J connectivity index is 1.86. The summed E-state index contributed by atoms with van der Waals surface area (Å²) in [5, 5.41) is 12.9. The largest absolute Gasteiger partial charge is 0.545 e. The molecular weight excluding hydrogens is 438 g/mol. The third kappa shape index (κ3) is 5.43. The normalized spacial score (nSPS) is 11.5. The molecule has 0 spiro atoms. The summed E-state index contributed by atoms with van der Waals surface area (Å²) in [5.74, 6) is -0.180. The van der Waals surface area contributed by atoms with Crippen LogP contribution in [0.2, 0.25) is 0 Å². The van der Waals surface area contributed by atoms with E-state index in [0.29, 0.717) is 17.9 Å². The van der Waals surface area contributed by atoms with Gasteiger partial charge in [0.25, 0.3) is 0 Å². The average Bonchev–Trinajstić information content (AvgIpc) is 3.29. The van der Waals surface area contributed by atoms with E-state index in [1.165, 1.54) is 39.9 Å². The Kier molecular flexibility index (Phi) is 7.32. The maximum atomic E-state index is 13.3. The molecule has 3 aromatic rings. The zero-order chi connectivity index (χ0) is 22.4. The molecule has 0 unspecified atom stereocenters. The molecule has 0 bridgehead atoms. The van der Waals surface area contributed by atoms with Crippen LogP contribution in [0.15, 0.2) is 64.9 Å². The lowest BCUT2D eigenvalue weighted by molar-refractivity contribution is -0.255. The molecule has 2 aromatic carbocycles. The number of ether oxygens (including phenoxy) is 2. The summed E-state index contributed by atoms with van der Waals surface area (Å²) < 4.78 is 38.6. The molecule has 0 saturated heterocycles. The lowest BCUT2D eigenvalue weighted by Crippen LogP contribution is -2.32. The van der Waals surface area contributed by atoms with Crippen LogP contribution in [0.3, 0.4) is 0 Å².